The second-order valence-corrected chi connectivity index (χ2v) is 5.36. The van der Waals surface area contributed by atoms with Gasteiger partial charge in [-0.2, -0.15) is 24.7 Å². The minimum Gasteiger partial charge on any atom is -0.463 e. The standard InChI is InChI=1S/C13H15ClN6O/c1-9-4-2-3-5-10(9)6-21-13-18-11(14)17-12(19-13)20-8-15-7-16-20/h2-3,7-10H,4-6H2,1H3. The van der Waals surface area contributed by atoms with E-state index in [1.807, 2.05) is 0 Å². The van der Waals surface area contributed by atoms with Gasteiger partial charge in [-0.05, 0) is 36.3 Å². The molecule has 7 nitrogen and oxygen atoms in total. The van der Waals surface area contributed by atoms with Crippen LogP contribution < -0.4 is 4.74 Å². The highest BCUT2D eigenvalue weighted by Crippen LogP contribution is 2.25. The molecule has 2 aromatic rings. The molecule has 0 spiro atoms. The Morgan fingerprint density at radius 3 is 2.90 bits per heavy atom. The number of halogens is 1. The zero-order chi connectivity index (χ0) is 14.7. The van der Waals surface area contributed by atoms with Gasteiger partial charge < -0.3 is 4.74 Å². The quantitative estimate of drug-likeness (QED) is 0.805. The molecule has 0 saturated carbocycles. The molecule has 8 heteroatoms. The first kappa shape index (κ1) is 13.9. The van der Waals surface area contributed by atoms with E-state index in [4.69, 9.17) is 16.3 Å². The van der Waals surface area contributed by atoms with Gasteiger partial charge in [0.25, 0.3) is 5.95 Å². The zero-order valence-electron chi connectivity index (χ0n) is 11.6. The third kappa shape index (κ3) is 3.36. The van der Waals surface area contributed by atoms with Gasteiger partial charge in [0.05, 0.1) is 6.61 Å². The van der Waals surface area contributed by atoms with Crippen LogP contribution in [0.4, 0.5) is 0 Å². The number of hydrogen-bond acceptors (Lipinski definition) is 6. The Balaban J connectivity index is 1.72. The molecule has 3 rings (SSSR count). The number of aromatic nitrogens is 6. The number of hydrogen-bond donors (Lipinski definition) is 0. The lowest BCUT2D eigenvalue weighted by molar-refractivity contribution is 0.186. The molecule has 0 radical (unpaired) electrons. The minimum absolute atomic E-state index is 0.0714. The van der Waals surface area contributed by atoms with Crippen LogP contribution in [0.25, 0.3) is 5.95 Å². The van der Waals surface area contributed by atoms with Crippen LogP contribution in [0.5, 0.6) is 6.01 Å². The SMILES string of the molecule is CC1CC=CCC1COc1nc(Cl)nc(-n2cncn2)n1. The van der Waals surface area contributed by atoms with E-state index in [1.165, 1.54) is 17.3 Å². The summed E-state index contributed by atoms with van der Waals surface area (Å²) in [7, 11) is 0. The van der Waals surface area contributed by atoms with Crippen LogP contribution in [-0.2, 0) is 0 Å². The molecule has 110 valence electrons. The van der Waals surface area contributed by atoms with Gasteiger partial charge >= 0.3 is 6.01 Å². The Bertz CT molecular complexity index is 630. The fourth-order valence-corrected chi connectivity index (χ4v) is 2.37. The van der Waals surface area contributed by atoms with Crippen molar-refractivity contribution < 1.29 is 4.74 Å². The maximum atomic E-state index is 5.90. The normalized spacial score (nSPS) is 21.4. The molecule has 0 saturated heterocycles. The molecule has 2 heterocycles. The molecule has 21 heavy (non-hydrogen) atoms. The van der Waals surface area contributed by atoms with E-state index in [0.29, 0.717) is 24.4 Å². The predicted octanol–water partition coefficient (Wildman–Crippen LogP) is 2.09. The number of rotatable bonds is 4. The van der Waals surface area contributed by atoms with Crippen molar-refractivity contribution in [3.05, 3.63) is 30.1 Å². The average molecular weight is 307 g/mol. The Labute approximate surface area is 127 Å². The average Bonchev–Trinajstić information content (AvgIpc) is 3.00. The maximum absolute atomic E-state index is 5.90. The Morgan fingerprint density at radius 1 is 1.29 bits per heavy atom. The lowest BCUT2D eigenvalue weighted by Gasteiger charge is -2.24. The van der Waals surface area contributed by atoms with Gasteiger partial charge in [0.15, 0.2) is 0 Å². The van der Waals surface area contributed by atoms with Gasteiger partial charge in [0.2, 0.25) is 5.28 Å². The highest BCUT2D eigenvalue weighted by atomic mass is 35.5. The molecular weight excluding hydrogens is 292 g/mol. The van der Waals surface area contributed by atoms with E-state index in [-0.39, 0.29) is 11.3 Å². The van der Waals surface area contributed by atoms with E-state index >= 15 is 0 Å². The Morgan fingerprint density at radius 2 is 2.14 bits per heavy atom. The number of allylic oxidation sites excluding steroid dienone is 2. The number of nitrogens with zero attached hydrogens (tertiary/aromatic N) is 6. The molecule has 0 bridgehead atoms. The van der Waals surface area contributed by atoms with E-state index in [0.717, 1.165) is 12.8 Å². The predicted molar refractivity (Wildman–Crippen MR) is 76.3 cm³/mol. The smallest absolute Gasteiger partial charge is 0.322 e. The first-order chi connectivity index (χ1) is 10.2. The molecule has 2 aromatic heterocycles. The van der Waals surface area contributed by atoms with Crippen molar-refractivity contribution in [2.24, 2.45) is 11.8 Å². The van der Waals surface area contributed by atoms with Crippen molar-refractivity contribution in [3.63, 3.8) is 0 Å². The van der Waals surface area contributed by atoms with E-state index in [2.05, 4.69) is 44.1 Å². The Hall–Kier alpha value is -2.02. The zero-order valence-corrected chi connectivity index (χ0v) is 12.3. The van der Waals surface area contributed by atoms with Gasteiger partial charge in [-0.15, -0.1) is 0 Å². The van der Waals surface area contributed by atoms with Crippen LogP contribution in [0.3, 0.4) is 0 Å². The fraction of sp³-hybridized carbons (Fsp3) is 0.462. The topological polar surface area (TPSA) is 78.6 Å². The summed E-state index contributed by atoms with van der Waals surface area (Å²) < 4.78 is 7.10. The summed E-state index contributed by atoms with van der Waals surface area (Å²) in [6.45, 7) is 2.78. The van der Waals surface area contributed by atoms with Gasteiger partial charge in [-0.3, -0.25) is 0 Å². The van der Waals surface area contributed by atoms with Crippen LogP contribution in [0, 0.1) is 11.8 Å². The summed E-state index contributed by atoms with van der Waals surface area (Å²) in [5.41, 5.74) is 0. The van der Waals surface area contributed by atoms with Crippen molar-refractivity contribution in [2.45, 2.75) is 19.8 Å². The van der Waals surface area contributed by atoms with Crippen molar-refractivity contribution in [1.82, 2.24) is 29.7 Å². The first-order valence-electron chi connectivity index (χ1n) is 6.77. The summed E-state index contributed by atoms with van der Waals surface area (Å²) in [5.74, 6) is 1.33. The van der Waals surface area contributed by atoms with Crippen LogP contribution in [-0.4, -0.2) is 36.3 Å². The van der Waals surface area contributed by atoms with Crippen molar-refractivity contribution in [2.75, 3.05) is 6.61 Å². The summed E-state index contributed by atoms with van der Waals surface area (Å²) >= 11 is 5.90. The number of ether oxygens (including phenoxy) is 1. The summed E-state index contributed by atoms with van der Waals surface area (Å²) in [5, 5.41) is 4.03. The molecular formula is C13H15ClN6O. The van der Waals surface area contributed by atoms with Gasteiger partial charge in [-0.25, -0.2) is 4.98 Å². The van der Waals surface area contributed by atoms with E-state index in [1.54, 1.807) is 0 Å². The van der Waals surface area contributed by atoms with Gasteiger partial charge in [0.1, 0.15) is 12.7 Å². The van der Waals surface area contributed by atoms with Crippen LogP contribution in [0.1, 0.15) is 19.8 Å². The monoisotopic (exact) mass is 306 g/mol. The van der Waals surface area contributed by atoms with Crippen molar-refractivity contribution in [3.8, 4) is 12.0 Å². The first-order valence-corrected chi connectivity index (χ1v) is 7.14. The summed E-state index contributed by atoms with van der Waals surface area (Å²) in [4.78, 5) is 16.0. The molecule has 0 N–H and O–H groups in total. The van der Waals surface area contributed by atoms with Crippen molar-refractivity contribution >= 4 is 11.6 Å². The van der Waals surface area contributed by atoms with Crippen LogP contribution >= 0.6 is 11.6 Å². The highest BCUT2D eigenvalue weighted by molar-refractivity contribution is 6.28. The van der Waals surface area contributed by atoms with Crippen molar-refractivity contribution in [1.29, 1.82) is 0 Å². The van der Waals surface area contributed by atoms with Crippen LogP contribution in [0.15, 0.2) is 24.8 Å². The summed E-state index contributed by atoms with van der Waals surface area (Å²) in [6.07, 6.45) is 9.38. The maximum Gasteiger partial charge on any atom is 0.322 e. The van der Waals surface area contributed by atoms with E-state index in [9.17, 15) is 0 Å². The third-order valence-electron chi connectivity index (χ3n) is 3.54. The lowest BCUT2D eigenvalue weighted by Crippen LogP contribution is -2.22. The van der Waals surface area contributed by atoms with E-state index < -0.39 is 0 Å². The molecule has 1 aliphatic rings. The minimum atomic E-state index is 0.0714. The molecule has 0 fully saturated rings. The highest BCUT2D eigenvalue weighted by Gasteiger charge is 2.20. The lowest BCUT2D eigenvalue weighted by atomic mass is 9.85. The molecule has 2 unspecified atom stereocenters. The van der Waals surface area contributed by atoms with Gasteiger partial charge in [-0.1, -0.05) is 19.1 Å². The summed E-state index contributed by atoms with van der Waals surface area (Å²) in [6, 6.07) is 0.210. The molecule has 2 atom stereocenters. The third-order valence-corrected chi connectivity index (χ3v) is 3.71. The second-order valence-electron chi connectivity index (χ2n) is 5.02. The molecule has 0 aromatic carbocycles. The second kappa shape index (κ2) is 6.17. The fourth-order valence-electron chi connectivity index (χ4n) is 2.22. The molecule has 0 amide bonds. The van der Waals surface area contributed by atoms with Crippen LogP contribution in [0.2, 0.25) is 5.28 Å². The Kier molecular flexibility index (Phi) is 4.10. The van der Waals surface area contributed by atoms with Gasteiger partial charge in [0, 0.05) is 0 Å². The largest absolute Gasteiger partial charge is 0.463 e. The molecule has 0 aliphatic heterocycles. The molecule has 1 aliphatic carbocycles.